The van der Waals surface area contributed by atoms with Crippen molar-refractivity contribution in [2.75, 3.05) is 13.1 Å². The van der Waals surface area contributed by atoms with E-state index in [0.717, 1.165) is 12.4 Å². The first-order valence-electron chi connectivity index (χ1n) is 7.08. The zero-order valence-corrected chi connectivity index (χ0v) is 12.8. The molecule has 20 heavy (non-hydrogen) atoms. The lowest BCUT2D eigenvalue weighted by molar-refractivity contribution is -0.911. The van der Waals surface area contributed by atoms with Gasteiger partial charge < -0.3 is 4.90 Å². The summed E-state index contributed by atoms with van der Waals surface area (Å²) >= 11 is 5.52. The van der Waals surface area contributed by atoms with Crippen molar-refractivity contribution in [1.82, 2.24) is 19.8 Å². The smallest absolute Gasteiger partial charge is 0.225 e. The highest BCUT2D eigenvalue weighted by Gasteiger charge is 2.17. The Morgan fingerprint density at radius 2 is 1.75 bits per heavy atom. The van der Waals surface area contributed by atoms with Crippen LogP contribution in [0.2, 0.25) is 0 Å². The highest BCUT2D eigenvalue weighted by atomic mass is 32.1. The Kier molecular flexibility index (Phi) is 3.67. The van der Waals surface area contributed by atoms with Gasteiger partial charge >= 0.3 is 0 Å². The fraction of sp³-hybridized carbons (Fsp3) is 0.500. The topological polar surface area (TPSA) is 40.1 Å². The third-order valence-electron chi connectivity index (χ3n) is 3.77. The van der Waals surface area contributed by atoms with Crippen molar-refractivity contribution in [2.24, 2.45) is 0 Å². The van der Waals surface area contributed by atoms with Gasteiger partial charge in [-0.15, -0.1) is 0 Å². The maximum atomic E-state index is 5.52. The number of nitrogens with one attached hydrogen (secondary N) is 1. The molecule has 0 atom stereocenters. The molecular weight excluding hydrogens is 270 g/mol. The van der Waals surface area contributed by atoms with Crippen LogP contribution in [0.4, 0.5) is 0 Å². The molecule has 0 aliphatic carbocycles. The van der Waals surface area contributed by atoms with Gasteiger partial charge in [-0.3, -0.25) is 0 Å². The molecule has 1 saturated heterocycles. The standard InChI is InChI=1S/C14H19N5S/c1-11-7-12(2)9-13(8-11)19-14(20)18(15-16-19)10-17-5-3-4-6-17/h7-9H,3-6,10H2,1-2H3/p+1. The first-order valence-corrected chi connectivity index (χ1v) is 7.49. The van der Waals surface area contributed by atoms with Crippen molar-refractivity contribution >= 4 is 12.2 Å². The molecule has 1 fully saturated rings. The maximum absolute atomic E-state index is 5.52. The zero-order chi connectivity index (χ0) is 14.1. The number of tetrazole rings is 1. The minimum Gasteiger partial charge on any atom is -0.316 e. The lowest BCUT2D eigenvalue weighted by Gasteiger charge is -2.10. The van der Waals surface area contributed by atoms with Crippen molar-refractivity contribution in [3.63, 3.8) is 0 Å². The molecule has 0 spiro atoms. The summed E-state index contributed by atoms with van der Waals surface area (Å²) in [5, 5.41) is 8.44. The molecule has 1 aromatic carbocycles. The molecule has 0 unspecified atom stereocenters. The van der Waals surface area contributed by atoms with Crippen LogP contribution in [-0.2, 0) is 6.67 Å². The minimum absolute atomic E-state index is 0.675. The van der Waals surface area contributed by atoms with E-state index in [2.05, 4.69) is 42.5 Å². The summed E-state index contributed by atoms with van der Waals surface area (Å²) in [6, 6.07) is 6.32. The molecule has 1 aliphatic heterocycles. The Hall–Kier alpha value is -1.53. The van der Waals surface area contributed by atoms with E-state index >= 15 is 0 Å². The largest absolute Gasteiger partial charge is 0.316 e. The van der Waals surface area contributed by atoms with E-state index in [-0.39, 0.29) is 0 Å². The van der Waals surface area contributed by atoms with E-state index in [4.69, 9.17) is 12.2 Å². The maximum Gasteiger partial charge on any atom is 0.225 e. The van der Waals surface area contributed by atoms with Crippen molar-refractivity contribution in [1.29, 1.82) is 0 Å². The van der Waals surface area contributed by atoms with Gasteiger partial charge in [-0.1, -0.05) is 6.07 Å². The molecule has 106 valence electrons. The lowest BCUT2D eigenvalue weighted by Crippen LogP contribution is -3.09. The van der Waals surface area contributed by atoms with Crippen molar-refractivity contribution < 1.29 is 4.90 Å². The minimum atomic E-state index is 0.675. The van der Waals surface area contributed by atoms with Gasteiger partial charge in [0, 0.05) is 12.8 Å². The van der Waals surface area contributed by atoms with Gasteiger partial charge in [-0.2, -0.15) is 9.36 Å². The lowest BCUT2D eigenvalue weighted by atomic mass is 10.1. The van der Waals surface area contributed by atoms with Gasteiger partial charge in [0.15, 0.2) is 6.67 Å². The molecule has 6 heteroatoms. The first kappa shape index (κ1) is 13.5. The molecule has 1 aliphatic rings. The number of rotatable bonds is 3. The van der Waals surface area contributed by atoms with Crippen molar-refractivity contribution in [3.05, 3.63) is 34.1 Å². The van der Waals surface area contributed by atoms with Gasteiger partial charge in [-0.05, 0) is 59.8 Å². The number of benzene rings is 1. The number of aryl methyl sites for hydroxylation is 2. The van der Waals surface area contributed by atoms with Crippen LogP contribution >= 0.6 is 12.2 Å². The Morgan fingerprint density at radius 3 is 2.40 bits per heavy atom. The average Bonchev–Trinajstić information content (AvgIpc) is 3.00. The fourth-order valence-electron chi connectivity index (χ4n) is 2.85. The summed E-state index contributed by atoms with van der Waals surface area (Å²) in [5.41, 5.74) is 3.42. The highest BCUT2D eigenvalue weighted by molar-refractivity contribution is 7.71. The van der Waals surface area contributed by atoms with Gasteiger partial charge in [0.1, 0.15) is 0 Å². The van der Waals surface area contributed by atoms with E-state index in [1.54, 1.807) is 4.68 Å². The molecule has 0 amide bonds. The Bertz CT molecular complexity index is 646. The van der Waals surface area contributed by atoms with E-state index in [9.17, 15) is 0 Å². The average molecular weight is 290 g/mol. The second kappa shape index (κ2) is 5.46. The number of hydrogen-bond acceptors (Lipinski definition) is 3. The number of hydrogen-bond donors (Lipinski definition) is 1. The molecule has 2 heterocycles. The van der Waals surface area contributed by atoms with Crippen LogP contribution in [0.1, 0.15) is 24.0 Å². The SMILES string of the molecule is Cc1cc(C)cc(-n2nnn(C[NH+]3CCCC3)c2=S)c1. The third kappa shape index (κ3) is 2.66. The summed E-state index contributed by atoms with van der Waals surface area (Å²) in [6.45, 7) is 7.40. The molecule has 0 bridgehead atoms. The van der Waals surface area contributed by atoms with Crippen molar-refractivity contribution in [3.8, 4) is 5.69 Å². The van der Waals surface area contributed by atoms with E-state index < -0.39 is 0 Å². The van der Waals surface area contributed by atoms with Gasteiger partial charge in [-0.25, -0.2) is 0 Å². The van der Waals surface area contributed by atoms with Crippen molar-refractivity contribution in [2.45, 2.75) is 33.4 Å². The van der Waals surface area contributed by atoms with Gasteiger partial charge in [0.05, 0.1) is 18.8 Å². The predicted molar refractivity (Wildman–Crippen MR) is 79.6 cm³/mol. The monoisotopic (exact) mass is 290 g/mol. The Morgan fingerprint density at radius 1 is 1.10 bits per heavy atom. The molecule has 0 saturated carbocycles. The predicted octanol–water partition coefficient (Wildman–Crippen LogP) is 1.05. The number of aromatic nitrogens is 4. The van der Waals surface area contributed by atoms with E-state index in [1.165, 1.54) is 42.0 Å². The molecular formula is C14H20N5S+. The Balaban J connectivity index is 1.91. The van der Waals surface area contributed by atoms with Crippen LogP contribution < -0.4 is 4.90 Å². The fourth-order valence-corrected chi connectivity index (χ4v) is 3.10. The highest BCUT2D eigenvalue weighted by Crippen LogP contribution is 2.12. The van der Waals surface area contributed by atoms with Gasteiger partial charge in [0.2, 0.25) is 4.77 Å². The second-order valence-electron chi connectivity index (χ2n) is 5.63. The number of likely N-dealkylation sites (tertiary alicyclic amines) is 1. The number of nitrogens with zero attached hydrogens (tertiary/aromatic N) is 4. The number of quaternary nitrogens is 1. The van der Waals surface area contributed by atoms with Crippen LogP contribution in [0.15, 0.2) is 18.2 Å². The molecule has 1 N–H and O–H groups in total. The zero-order valence-electron chi connectivity index (χ0n) is 12.0. The van der Waals surface area contributed by atoms with Gasteiger partial charge in [0.25, 0.3) is 0 Å². The van der Waals surface area contributed by atoms with Crippen LogP contribution in [0.5, 0.6) is 0 Å². The molecule has 5 nitrogen and oxygen atoms in total. The molecule has 3 rings (SSSR count). The Labute approximate surface area is 123 Å². The molecule has 1 aromatic heterocycles. The molecule has 2 aromatic rings. The summed E-state index contributed by atoms with van der Waals surface area (Å²) in [4.78, 5) is 1.54. The van der Waals surface area contributed by atoms with Crippen LogP contribution in [0.25, 0.3) is 5.69 Å². The summed E-state index contributed by atoms with van der Waals surface area (Å²) in [6.07, 6.45) is 2.60. The second-order valence-corrected chi connectivity index (χ2v) is 6.00. The van der Waals surface area contributed by atoms with Crippen LogP contribution in [0.3, 0.4) is 0 Å². The normalized spacial score (nSPS) is 15.9. The third-order valence-corrected chi connectivity index (χ3v) is 4.16. The summed E-state index contributed by atoms with van der Waals surface area (Å²) in [5.74, 6) is 0. The summed E-state index contributed by atoms with van der Waals surface area (Å²) in [7, 11) is 0. The first-order chi connectivity index (χ1) is 9.63. The van der Waals surface area contributed by atoms with E-state index in [1.807, 2.05) is 4.68 Å². The van der Waals surface area contributed by atoms with Crippen LogP contribution in [0, 0.1) is 18.6 Å². The van der Waals surface area contributed by atoms with Crippen LogP contribution in [-0.4, -0.2) is 32.9 Å². The van der Waals surface area contributed by atoms with E-state index in [0.29, 0.717) is 4.77 Å². The summed E-state index contributed by atoms with van der Waals surface area (Å²) < 4.78 is 4.27. The molecule has 0 radical (unpaired) electrons. The quantitative estimate of drug-likeness (QED) is 0.859.